The molecule has 0 radical (unpaired) electrons. The quantitative estimate of drug-likeness (QED) is 0.840. The molecular weight excluding hydrogens is 333 g/mol. The summed E-state index contributed by atoms with van der Waals surface area (Å²) in [6.45, 7) is 1.77. The van der Waals surface area contributed by atoms with Gasteiger partial charge < -0.3 is 9.84 Å². The second-order valence-corrected chi connectivity index (χ2v) is 5.33. The molecule has 3 nitrogen and oxygen atoms in total. The lowest BCUT2D eigenvalue weighted by atomic mass is 10.1. The van der Waals surface area contributed by atoms with Gasteiger partial charge in [-0.25, -0.2) is 0 Å². The zero-order chi connectivity index (χ0) is 17.2. The van der Waals surface area contributed by atoms with Gasteiger partial charge in [0.05, 0.1) is 17.0 Å². The maximum atomic E-state index is 12.8. The molecule has 1 N–H and O–H groups in total. The zero-order valence-electron chi connectivity index (χ0n) is 11.9. The molecule has 0 aliphatic heterocycles. The Morgan fingerprint density at radius 2 is 1.87 bits per heavy atom. The Morgan fingerprint density at radius 1 is 1.17 bits per heavy atom. The van der Waals surface area contributed by atoms with Crippen LogP contribution < -0.4 is 4.74 Å². The van der Waals surface area contributed by atoms with E-state index < -0.39 is 17.7 Å². The van der Waals surface area contributed by atoms with Gasteiger partial charge in [0.25, 0.3) is 0 Å². The van der Waals surface area contributed by atoms with Crippen LogP contribution in [-0.2, 0) is 17.4 Å². The monoisotopic (exact) mass is 344 g/mol. The van der Waals surface area contributed by atoms with Gasteiger partial charge in [-0.2, -0.15) is 13.2 Å². The minimum atomic E-state index is -4.53. The van der Waals surface area contributed by atoms with E-state index in [1.54, 1.807) is 19.1 Å². The predicted octanol–water partition coefficient (Wildman–Crippen LogP) is 5.09. The van der Waals surface area contributed by atoms with E-state index in [0.717, 1.165) is 23.8 Å². The highest BCUT2D eigenvalue weighted by Crippen LogP contribution is 2.37. The Kier molecular flexibility index (Phi) is 4.85. The van der Waals surface area contributed by atoms with Gasteiger partial charge in [-0.3, -0.25) is 4.79 Å². The average Bonchev–Trinajstić information content (AvgIpc) is 2.42. The Balaban J connectivity index is 2.41. The molecule has 0 bridgehead atoms. The van der Waals surface area contributed by atoms with Crippen molar-refractivity contribution in [1.82, 2.24) is 0 Å². The fraction of sp³-hybridized carbons (Fsp3) is 0.188. The number of halogens is 4. The van der Waals surface area contributed by atoms with Crippen LogP contribution in [0.5, 0.6) is 11.5 Å². The molecule has 0 saturated carbocycles. The maximum absolute atomic E-state index is 12.8. The standard InChI is InChI=1S/C16H12ClF3O3/c1-9-2-5-13(10(6-9)7-15(21)22)23-14-8-11(16(18,19)20)3-4-12(14)17/h2-6,8H,7H2,1H3,(H,21,22). The Morgan fingerprint density at radius 3 is 2.48 bits per heavy atom. The Bertz CT molecular complexity index is 742. The summed E-state index contributed by atoms with van der Waals surface area (Å²) >= 11 is 5.88. The van der Waals surface area contributed by atoms with Crippen LogP contribution in [0.1, 0.15) is 16.7 Å². The smallest absolute Gasteiger partial charge is 0.416 e. The Labute approximate surface area is 135 Å². The summed E-state index contributed by atoms with van der Waals surface area (Å²) in [6, 6.07) is 7.50. The topological polar surface area (TPSA) is 46.5 Å². The maximum Gasteiger partial charge on any atom is 0.416 e. The number of carbonyl (C=O) groups is 1. The minimum absolute atomic E-state index is 0.000139. The molecule has 2 aromatic rings. The highest BCUT2D eigenvalue weighted by atomic mass is 35.5. The van der Waals surface area contributed by atoms with Crippen molar-refractivity contribution in [3.8, 4) is 11.5 Å². The lowest BCUT2D eigenvalue weighted by Crippen LogP contribution is -2.05. The number of ether oxygens (including phenoxy) is 1. The van der Waals surface area contributed by atoms with E-state index in [1.807, 2.05) is 0 Å². The van der Waals surface area contributed by atoms with Crippen molar-refractivity contribution < 1.29 is 27.8 Å². The second kappa shape index (κ2) is 6.50. The largest absolute Gasteiger partial charge is 0.481 e. The number of carboxylic acids is 1. The van der Waals surface area contributed by atoms with Crippen LogP contribution in [0.2, 0.25) is 5.02 Å². The predicted molar refractivity (Wildman–Crippen MR) is 79.0 cm³/mol. The molecule has 2 rings (SSSR count). The van der Waals surface area contributed by atoms with Crippen molar-refractivity contribution >= 4 is 17.6 Å². The first-order valence-corrected chi connectivity index (χ1v) is 6.90. The zero-order valence-corrected chi connectivity index (χ0v) is 12.7. The lowest BCUT2D eigenvalue weighted by Gasteiger charge is -2.14. The number of benzene rings is 2. The summed E-state index contributed by atoms with van der Waals surface area (Å²) in [6.07, 6.45) is -4.84. The molecule has 7 heteroatoms. The fourth-order valence-electron chi connectivity index (χ4n) is 1.99. The molecule has 122 valence electrons. The first-order chi connectivity index (χ1) is 10.7. The third-order valence-electron chi connectivity index (χ3n) is 3.04. The number of alkyl halides is 3. The molecule has 0 unspecified atom stereocenters. The van der Waals surface area contributed by atoms with E-state index in [9.17, 15) is 18.0 Å². The molecule has 0 atom stereocenters. The summed E-state index contributed by atoms with van der Waals surface area (Å²) in [4.78, 5) is 10.9. The van der Waals surface area contributed by atoms with Gasteiger partial charge in [-0.05, 0) is 31.2 Å². The van der Waals surface area contributed by atoms with Gasteiger partial charge in [0.2, 0.25) is 0 Å². The minimum Gasteiger partial charge on any atom is -0.481 e. The molecule has 0 spiro atoms. The van der Waals surface area contributed by atoms with Crippen molar-refractivity contribution in [2.75, 3.05) is 0 Å². The average molecular weight is 345 g/mol. The molecular formula is C16H12ClF3O3. The third-order valence-corrected chi connectivity index (χ3v) is 3.35. The van der Waals surface area contributed by atoms with Gasteiger partial charge in [0.1, 0.15) is 11.5 Å². The van der Waals surface area contributed by atoms with E-state index in [1.165, 1.54) is 6.07 Å². The van der Waals surface area contributed by atoms with Crippen molar-refractivity contribution in [3.05, 3.63) is 58.1 Å². The number of carboxylic acid groups (broad SMARTS) is 1. The van der Waals surface area contributed by atoms with Crippen LogP contribution in [0.15, 0.2) is 36.4 Å². The number of aliphatic carboxylic acids is 1. The molecule has 0 aliphatic carbocycles. The summed E-state index contributed by atoms with van der Waals surface area (Å²) in [5, 5.41) is 8.92. The molecule has 0 heterocycles. The molecule has 0 saturated heterocycles. The van der Waals surface area contributed by atoms with Gasteiger partial charge in [-0.15, -0.1) is 0 Å². The van der Waals surface area contributed by atoms with Crippen molar-refractivity contribution in [3.63, 3.8) is 0 Å². The van der Waals surface area contributed by atoms with Crippen LogP contribution in [0.4, 0.5) is 13.2 Å². The molecule has 2 aromatic carbocycles. The van der Waals surface area contributed by atoms with E-state index in [2.05, 4.69) is 0 Å². The van der Waals surface area contributed by atoms with Gasteiger partial charge >= 0.3 is 12.1 Å². The second-order valence-electron chi connectivity index (χ2n) is 4.93. The summed E-state index contributed by atoms with van der Waals surface area (Å²) in [5.41, 5.74) is 0.263. The first kappa shape index (κ1) is 17.1. The summed E-state index contributed by atoms with van der Waals surface area (Å²) in [7, 11) is 0. The molecule has 0 fully saturated rings. The van der Waals surface area contributed by atoms with Crippen LogP contribution in [0, 0.1) is 6.92 Å². The summed E-state index contributed by atoms with van der Waals surface area (Å²) in [5.74, 6) is -1.10. The number of rotatable bonds is 4. The normalized spacial score (nSPS) is 11.3. The number of hydrogen-bond donors (Lipinski definition) is 1. The van der Waals surface area contributed by atoms with Gasteiger partial charge in [-0.1, -0.05) is 29.3 Å². The van der Waals surface area contributed by atoms with Crippen LogP contribution in [0.3, 0.4) is 0 Å². The molecule has 0 aromatic heterocycles. The highest BCUT2D eigenvalue weighted by Gasteiger charge is 2.31. The van der Waals surface area contributed by atoms with E-state index in [4.69, 9.17) is 21.4 Å². The lowest BCUT2D eigenvalue weighted by molar-refractivity contribution is -0.138. The van der Waals surface area contributed by atoms with Gasteiger partial charge in [0.15, 0.2) is 0 Å². The highest BCUT2D eigenvalue weighted by molar-refractivity contribution is 6.32. The van der Waals surface area contributed by atoms with Crippen LogP contribution >= 0.6 is 11.6 Å². The SMILES string of the molecule is Cc1ccc(Oc2cc(C(F)(F)F)ccc2Cl)c(CC(=O)O)c1. The Hall–Kier alpha value is -2.21. The summed E-state index contributed by atoms with van der Waals surface area (Å²) < 4.78 is 43.7. The van der Waals surface area contributed by atoms with Crippen LogP contribution in [0.25, 0.3) is 0 Å². The van der Waals surface area contributed by atoms with Crippen molar-refractivity contribution in [2.24, 2.45) is 0 Å². The van der Waals surface area contributed by atoms with Crippen molar-refractivity contribution in [1.29, 1.82) is 0 Å². The molecule has 0 amide bonds. The molecule has 0 aliphatic rings. The van der Waals surface area contributed by atoms with Gasteiger partial charge in [0, 0.05) is 5.56 Å². The van der Waals surface area contributed by atoms with Crippen LogP contribution in [-0.4, -0.2) is 11.1 Å². The number of hydrogen-bond acceptors (Lipinski definition) is 2. The van der Waals surface area contributed by atoms with E-state index in [-0.39, 0.29) is 22.9 Å². The van der Waals surface area contributed by atoms with E-state index in [0.29, 0.717) is 5.56 Å². The first-order valence-electron chi connectivity index (χ1n) is 6.53. The van der Waals surface area contributed by atoms with E-state index >= 15 is 0 Å². The van der Waals surface area contributed by atoms with Crippen molar-refractivity contribution in [2.45, 2.75) is 19.5 Å². The fourth-order valence-corrected chi connectivity index (χ4v) is 2.14. The molecule has 23 heavy (non-hydrogen) atoms. The number of aryl methyl sites for hydroxylation is 1. The third kappa shape index (κ3) is 4.39.